The number of hydrogen-bond donors (Lipinski definition) is 3. The van der Waals surface area contributed by atoms with Crippen LogP contribution in [-0.2, 0) is 18.7 Å². The lowest BCUT2D eigenvalue weighted by atomic mass is 10.3. The standard InChI is InChI=1S/C12H12BrN4O6PS/c1-24(19,20)23-25(21,22)8-4-2-7(3-5-8)16-12(18)10-11(14)15-6-9(13)17-10/h2-6H,1H3,(H2,14,15)(H,16,18)(H,19,20). The van der Waals surface area contributed by atoms with Crippen molar-refractivity contribution in [3.63, 3.8) is 0 Å². The number of amides is 1. The molecule has 0 bridgehead atoms. The Labute approximate surface area is 151 Å². The van der Waals surface area contributed by atoms with Gasteiger partial charge in [-0.25, -0.2) is 9.97 Å². The maximum Gasteiger partial charge on any atom is 0.339 e. The summed E-state index contributed by atoms with van der Waals surface area (Å²) >= 11 is 3.07. The molecule has 1 unspecified atom stereocenters. The zero-order valence-corrected chi connectivity index (χ0v) is 15.9. The lowest BCUT2D eigenvalue weighted by molar-refractivity contribution is 0.102. The molecular weight excluding hydrogens is 439 g/mol. The molecule has 0 radical (unpaired) electrons. The molecule has 1 aromatic heterocycles. The predicted molar refractivity (Wildman–Crippen MR) is 92.6 cm³/mol. The predicted octanol–water partition coefficient (Wildman–Crippen LogP) is 1.59. The summed E-state index contributed by atoms with van der Waals surface area (Å²) in [5, 5.41) is 2.47. The Morgan fingerprint density at radius 3 is 2.52 bits per heavy atom. The maximum absolute atomic E-state index is 12.1. The van der Waals surface area contributed by atoms with E-state index in [1.807, 2.05) is 0 Å². The smallest absolute Gasteiger partial charge is 0.339 e. The van der Waals surface area contributed by atoms with Crippen molar-refractivity contribution in [2.45, 2.75) is 4.90 Å². The van der Waals surface area contributed by atoms with Crippen LogP contribution < -0.4 is 11.1 Å². The van der Waals surface area contributed by atoms with Crippen molar-refractivity contribution in [2.75, 3.05) is 17.7 Å². The number of halogens is 1. The second-order valence-electron chi connectivity index (χ2n) is 4.74. The number of nitrogen functional groups attached to an aromatic ring is 1. The fourth-order valence-corrected chi connectivity index (χ4v) is 4.21. The average molecular weight is 451 g/mol. The van der Waals surface area contributed by atoms with Crippen LogP contribution in [0.5, 0.6) is 0 Å². The van der Waals surface area contributed by atoms with Gasteiger partial charge < -0.3 is 15.9 Å². The van der Waals surface area contributed by atoms with Crippen LogP contribution in [0.2, 0.25) is 0 Å². The maximum atomic E-state index is 12.1. The second kappa shape index (κ2) is 7.18. The van der Waals surface area contributed by atoms with Crippen LogP contribution >= 0.6 is 23.5 Å². The van der Waals surface area contributed by atoms with Crippen LogP contribution in [0, 0.1) is 0 Å². The van der Waals surface area contributed by atoms with Gasteiger partial charge in [0.2, 0.25) is 0 Å². The topological polar surface area (TPSA) is 162 Å². The Hall–Kier alpha value is -1.85. The van der Waals surface area contributed by atoms with Crippen LogP contribution in [-0.4, -0.2) is 35.9 Å². The fraction of sp³-hybridized carbons (Fsp3) is 0.0833. The average Bonchev–Trinajstić information content (AvgIpc) is 2.48. The van der Waals surface area contributed by atoms with E-state index in [9.17, 15) is 17.8 Å². The molecule has 0 aliphatic carbocycles. The van der Waals surface area contributed by atoms with Crippen molar-refractivity contribution in [1.82, 2.24) is 9.97 Å². The highest BCUT2D eigenvalue weighted by Gasteiger charge is 2.25. The monoisotopic (exact) mass is 450 g/mol. The van der Waals surface area contributed by atoms with Crippen LogP contribution in [0.1, 0.15) is 10.5 Å². The SMILES string of the molecule is CP(=O)(O)OS(=O)(=O)c1ccc(NC(=O)c2nc(Br)cnc2N)cc1. The summed E-state index contributed by atoms with van der Waals surface area (Å²) in [6.07, 6.45) is 1.33. The number of benzene rings is 1. The number of nitrogens with zero attached hydrogens (tertiary/aromatic N) is 2. The first-order valence-electron chi connectivity index (χ1n) is 6.44. The van der Waals surface area contributed by atoms with E-state index in [1.54, 1.807) is 0 Å². The lowest BCUT2D eigenvalue weighted by Crippen LogP contribution is -2.17. The molecular formula is C12H12BrN4O6PS. The largest absolute Gasteiger partial charge is 0.382 e. The van der Waals surface area contributed by atoms with Gasteiger partial charge in [-0.2, -0.15) is 12.4 Å². The van der Waals surface area contributed by atoms with Crippen molar-refractivity contribution in [1.29, 1.82) is 0 Å². The van der Waals surface area contributed by atoms with Crippen molar-refractivity contribution < 1.29 is 26.6 Å². The molecule has 134 valence electrons. The summed E-state index contributed by atoms with van der Waals surface area (Å²) in [5.41, 5.74) is 5.72. The normalized spacial score (nSPS) is 13.9. The highest BCUT2D eigenvalue weighted by molar-refractivity contribution is 9.10. The number of anilines is 2. The molecule has 1 atom stereocenters. The van der Waals surface area contributed by atoms with Gasteiger partial charge in [-0.3, -0.25) is 9.36 Å². The third-order valence-corrected chi connectivity index (χ3v) is 5.75. The summed E-state index contributed by atoms with van der Waals surface area (Å²) in [5.74, 6) is -0.721. The molecule has 0 fully saturated rings. The van der Waals surface area contributed by atoms with Gasteiger partial charge in [-0.1, -0.05) is 0 Å². The molecule has 0 saturated heterocycles. The molecule has 25 heavy (non-hydrogen) atoms. The first-order chi connectivity index (χ1) is 11.5. The van der Waals surface area contributed by atoms with Crippen molar-refractivity contribution in [2.24, 2.45) is 0 Å². The molecule has 4 N–H and O–H groups in total. The third kappa shape index (κ3) is 5.31. The van der Waals surface area contributed by atoms with Gasteiger partial charge in [0, 0.05) is 12.4 Å². The van der Waals surface area contributed by atoms with Gasteiger partial charge in [-0.15, -0.1) is 0 Å². The van der Waals surface area contributed by atoms with Gasteiger partial charge >= 0.3 is 17.7 Å². The van der Waals surface area contributed by atoms with Gasteiger partial charge in [0.25, 0.3) is 5.91 Å². The minimum Gasteiger partial charge on any atom is -0.382 e. The van der Waals surface area contributed by atoms with E-state index in [4.69, 9.17) is 10.6 Å². The Kier molecular flexibility index (Phi) is 5.59. The number of aromatic nitrogens is 2. The van der Waals surface area contributed by atoms with E-state index in [-0.39, 0.29) is 22.1 Å². The highest BCUT2D eigenvalue weighted by atomic mass is 79.9. The minimum atomic E-state index is -4.40. The van der Waals surface area contributed by atoms with Crippen LogP contribution in [0.25, 0.3) is 0 Å². The third-order valence-electron chi connectivity index (χ3n) is 2.62. The van der Waals surface area contributed by atoms with Gasteiger partial charge in [0.05, 0.1) is 11.1 Å². The van der Waals surface area contributed by atoms with Crippen molar-refractivity contribution in [3.8, 4) is 0 Å². The molecule has 2 rings (SSSR count). The Balaban J connectivity index is 2.19. The van der Waals surface area contributed by atoms with E-state index in [0.29, 0.717) is 4.60 Å². The molecule has 1 heterocycles. The molecule has 1 aromatic carbocycles. The number of carbonyl (C=O) groups excluding carboxylic acids is 1. The fourth-order valence-electron chi connectivity index (χ4n) is 1.66. The number of nitrogens with two attached hydrogens (primary N) is 1. The minimum absolute atomic E-state index is 0.0741. The van der Waals surface area contributed by atoms with Gasteiger partial charge in [0.15, 0.2) is 11.5 Å². The molecule has 10 nitrogen and oxygen atoms in total. The van der Waals surface area contributed by atoms with Crippen molar-refractivity contribution >= 4 is 51.1 Å². The summed E-state index contributed by atoms with van der Waals surface area (Å²) in [7, 11) is -8.63. The van der Waals surface area contributed by atoms with Gasteiger partial charge in [-0.05, 0) is 40.2 Å². The molecule has 0 saturated carbocycles. The zero-order chi connectivity index (χ0) is 18.8. The van der Waals surface area contributed by atoms with Gasteiger partial charge in [0.1, 0.15) is 4.60 Å². The summed E-state index contributed by atoms with van der Waals surface area (Å²) in [6, 6.07) is 4.76. The highest BCUT2D eigenvalue weighted by Crippen LogP contribution is 2.40. The Morgan fingerprint density at radius 1 is 1.36 bits per heavy atom. The number of rotatable bonds is 5. The van der Waals surface area contributed by atoms with Crippen molar-refractivity contribution in [3.05, 3.63) is 40.8 Å². The van der Waals surface area contributed by atoms with E-state index in [0.717, 1.165) is 18.8 Å². The van der Waals surface area contributed by atoms with E-state index in [2.05, 4.69) is 35.2 Å². The molecule has 13 heteroatoms. The molecule has 0 aliphatic heterocycles. The Bertz CT molecular complexity index is 960. The summed E-state index contributed by atoms with van der Waals surface area (Å²) in [4.78, 5) is 28.5. The molecule has 0 aliphatic rings. The van der Waals surface area contributed by atoms with Crippen LogP contribution in [0.4, 0.5) is 11.5 Å². The second-order valence-corrected chi connectivity index (χ2v) is 9.13. The zero-order valence-electron chi connectivity index (χ0n) is 12.6. The Morgan fingerprint density at radius 2 is 1.96 bits per heavy atom. The van der Waals surface area contributed by atoms with Crippen LogP contribution in [0.3, 0.4) is 0 Å². The number of hydrogen-bond acceptors (Lipinski definition) is 8. The molecule has 0 spiro atoms. The lowest BCUT2D eigenvalue weighted by Gasteiger charge is -2.09. The molecule has 2 aromatic rings. The van der Waals surface area contributed by atoms with E-state index >= 15 is 0 Å². The first-order valence-corrected chi connectivity index (χ1v) is 10.7. The number of carbonyl (C=O) groups is 1. The summed E-state index contributed by atoms with van der Waals surface area (Å²) in [6.45, 7) is 0.753. The number of nitrogens with one attached hydrogen (secondary N) is 1. The first kappa shape index (κ1) is 19.5. The van der Waals surface area contributed by atoms with E-state index < -0.39 is 23.6 Å². The molecule has 1 amide bonds. The van der Waals surface area contributed by atoms with Crippen LogP contribution in [0.15, 0.2) is 40.0 Å². The quantitative estimate of drug-likeness (QED) is 0.573. The summed E-state index contributed by atoms with van der Waals surface area (Å²) < 4.78 is 39.2. The van der Waals surface area contributed by atoms with E-state index in [1.165, 1.54) is 18.3 Å².